The molecule has 0 aliphatic carbocycles. The number of carbonyl (C=O) groups is 2. The second-order valence-corrected chi connectivity index (χ2v) is 7.18. The van der Waals surface area contributed by atoms with E-state index in [1.54, 1.807) is 6.92 Å². The number of benzene rings is 2. The van der Waals surface area contributed by atoms with E-state index < -0.39 is 23.6 Å². The largest absolute Gasteiger partial charge is 0.416 e. The molecule has 1 aromatic heterocycles. The van der Waals surface area contributed by atoms with Gasteiger partial charge in [0.2, 0.25) is 5.91 Å². The van der Waals surface area contributed by atoms with Crippen molar-refractivity contribution in [2.24, 2.45) is 0 Å². The average Bonchev–Trinajstić information content (AvgIpc) is 3.08. The van der Waals surface area contributed by atoms with Gasteiger partial charge in [-0.05, 0) is 18.6 Å². The molecule has 0 saturated heterocycles. The molecule has 1 heterocycles. The van der Waals surface area contributed by atoms with Crippen molar-refractivity contribution in [3.05, 3.63) is 76.3 Å². The molecule has 3 aromatic rings. The predicted molar refractivity (Wildman–Crippen MR) is 103 cm³/mol. The number of hydrogen-bond acceptors (Lipinski definition) is 4. The quantitative estimate of drug-likeness (QED) is 0.625. The highest BCUT2D eigenvalue weighted by Crippen LogP contribution is 2.30. The topological polar surface area (TPSA) is 71.1 Å². The van der Waals surface area contributed by atoms with E-state index in [9.17, 15) is 22.8 Å². The van der Waals surface area contributed by atoms with Crippen molar-refractivity contribution in [1.29, 1.82) is 0 Å². The van der Waals surface area contributed by atoms with Gasteiger partial charge in [-0.15, -0.1) is 11.3 Å². The molecule has 0 spiro atoms. The molecule has 9 heteroatoms. The molecule has 0 atom stereocenters. The standard InChI is InChI=1S/C20H16F3N3O2S/c1-12-17(29-19(24-12)14-7-3-2-4-8-14)18(28)26-25-16(27)11-13-6-5-9-15(10-13)20(21,22)23/h2-10H,11H2,1H3,(H,25,27)(H,26,28). The molecule has 2 N–H and O–H groups in total. The lowest BCUT2D eigenvalue weighted by atomic mass is 10.1. The molecule has 2 amide bonds. The molecule has 3 rings (SSSR count). The zero-order valence-electron chi connectivity index (χ0n) is 15.2. The Morgan fingerprint density at radius 3 is 2.45 bits per heavy atom. The lowest BCUT2D eigenvalue weighted by Crippen LogP contribution is -2.42. The van der Waals surface area contributed by atoms with E-state index in [1.165, 1.54) is 23.5 Å². The summed E-state index contributed by atoms with van der Waals surface area (Å²) < 4.78 is 38.2. The number of hydrogen-bond donors (Lipinski definition) is 2. The maximum absolute atomic E-state index is 12.7. The normalized spacial score (nSPS) is 11.2. The van der Waals surface area contributed by atoms with Gasteiger partial charge in [0.05, 0.1) is 17.7 Å². The smallest absolute Gasteiger partial charge is 0.273 e. The first-order valence-corrected chi connectivity index (χ1v) is 9.34. The molecular weight excluding hydrogens is 403 g/mol. The van der Waals surface area contributed by atoms with E-state index in [2.05, 4.69) is 15.8 Å². The fraction of sp³-hybridized carbons (Fsp3) is 0.150. The first kappa shape index (κ1) is 20.5. The summed E-state index contributed by atoms with van der Waals surface area (Å²) in [6.45, 7) is 1.68. The molecule has 150 valence electrons. The van der Waals surface area contributed by atoms with Crippen molar-refractivity contribution in [3.8, 4) is 10.6 Å². The molecule has 0 bridgehead atoms. The Morgan fingerprint density at radius 2 is 1.76 bits per heavy atom. The van der Waals surface area contributed by atoms with E-state index in [0.29, 0.717) is 15.6 Å². The lowest BCUT2D eigenvalue weighted by molar-refractivity contribution is -0.137. The van der Waals surface area contributed by atoms with Crippen LogP contribution in [0.2, 0.25) is 0 Å². The predicted octanol–water partition coefficient (Wildman–Crippen LogP) is 4.14. The molecule has 0 radical (unpaired) electrons. The number of aryl methyl sites for hydroxylation is 1. The highest BCUT2D eigenvalue weighted by atomic mass is 32.1. The first-order chi connectivity index (χ1) is 13.7. The molecule has 2 aromatic carbocycles. The molecule has 0 fully saturated rings. The minimum Gasteiger partial charge on any atom is -0.273 e. The third kappa shape index (κ3) is 5.20. The zero-order chi connectivity index (χ0) is 21.0. The van der Waals surface area contributed by atoms with Gasteiger partial charge in [-0.25, -0.2) is 4.98 Å². The van der Waals surface area contributed by atoms with Crippen molar-refractivity contribution >= 4 is 23.2 Å². The fourth-order valence-corrected chi connectivity index (χ4v) is 3.55. The van der Waals surface area contributed by atoms with Crippen LogP contribution in [0.1, 0.15) is 26.5 Å². The van der Waals surface area contributed by atoms with Gasteiger partial charge in [0, 0.05) is 5.56 Å². The van der Waals surface area contributed by atoms with Gasteiger partial charge in [-0.2, -0.15) is 13.2 Å². The SMILES string of the molecule is Cc1nc(-c2ccccc2)sc1C(=O)NNC(=O)Cc1cccc(C(F)(F)F)c1. The van der Waals surface area contributed by atoms with Crippen LogP contribution in [0.15, 0.2) is 54.6 Å². The summed E-state index contributed by atoms with van der Waals surface area (Å²) in [5.41, 5.74) is 5.24. The summed E-state index contributed by atoms with van der Waals surface area (Å²) in [7, 11) is 0. The van der Waals surface area contributed by atoms with Gasteiger partial charge in [0.1, 0.15) is 9.88 Å². The average molecular weight is 419 g/mol. The second-order valence-electron chi connectivity index (χ2n) is 6.18. The number of rotatable bonds is 4. The number of aromatic nitrogens is 1. The van der Waals surface area contributed by atoms with E-state index in [1.807, 2.05) is 30.3 Å². The van der Waals surface area contributed by atoms with Crippen molar-refractivity contribution in [2.75, 3.05) is 0 Å². The number of hydrazine groups is 1. The maximum atomic E-state index is 12.7. The fourth-order valence-electron chi connectivity index (χ4n) is 2.58. The van der Waals surface area contributed by atoms with Crippen LogP contribution in [-0.2, 0) is 17.4 Å². The van der Waals surface area contributed by atoms with E-state index >= 15 is 0 Å². The van der Waals surface area contributed by atoms with Crippen LogP contribution in [0.5, 0.6) is 0 Å². The van der Waals surface area contributed by atoms with Crippen LogP contribution in [-0.4, -0.2) is 16.8 Å². The van der Waals surface area contributed by atoms with Crippen molar-refractivity contribution < 1.29 is 22.8 Å². The first-order valence-electron chi connectivity index (χ1n) is 8.52. The molecule has 0 aliphatic rings. The number of halogens is 3. The van der Waals surface area contributed by atoms with Gasteiger partial charge in [0.25, 0.3) is 5.91 Å². The van der Waals surface area contributed by atoms with Gasteiger partial charge in [0.15, 0.2) is 0 Å². The summed E-state index contributed by atoms with van der Waals surface area (Å²) in [6, 6.07) is 13.8. The van der Waals surface area contributed by atoms with Gasteiger partial charge >= 0.3 is 6.18 Å². The van der Waals surface area contributed by atoms with Crippen LogP contribution in [0, 0.1) is 6.92 Å². The van der Waals surface area contributed by atoms with Crippen LogP contribution in [0.3, 0.4) is 0 Å². The summed E-state index contributed by atoms with van der Waals surface area (Å²) in [5, 5.41) is 0.670. The molecule has 0 aliphatic heterocycles. The summed E-state index contributed by atoms with van der Waals surface area (Å²) in [6.07, 6.45) is -4.79. The van der Waals surface area contributed by atoms with Crippen molar-refractivity contribution in [2.45, 2.75) is 19.5 Å². The number of amides is 2. The second kappa shape index (κ2) is 8.44. The monoisotopic (exact) mass is 419 g/mol. The maximum Gasteiger partial charge on any atom is 0.416 e. The zero-order valence-corrected chi connectivity index (χ0v) is 16.0. The Morgan fingerprint density at radius 1 is 1.03 bits per heavy atom. The highest BCUT2D eigenvalue weighted by Gasteiger charge is 2.30. The van der Waals surface area contributed by atoms with Crippen LogP contribution >= 0.6 is 11.3 Å². The third-order valence-corrected chi connectivity index (χ3v) is 5.16. The molecule has 0 unspecified atom stereocenters. The van der Waals surface area contributed by atoms with Crippen LogP contribution < -0.4 is 10.9 Å². The molecular formula is C20H16F3N3O2S. The molecule has 5 nitrogen and oxygen atoms in total. The number of carbonyl (C=O) groups excluding carboxylic acids is 2. The third-order valence-electron chi connectivity index (χ3n) is 3.96. The highest BCUT2D eigenvalue weighted by molar-refractivity contribution is 7.17. The molecule has 0 saturated carbocycles. The number of alkyl halides is 3. The number of thiazole rings is 1. The minimum absolute atomic E-state index is 0.187. The van der Waals surface area contributed by atoms with Crippen LogP contribution in [0.25, 0.3) is 10.6 Å². The summed E-state index contributed by atoms with van der Waals surface area (Å²) in [5.74, 6) is -1.18. The van der Waals surface area contributed by atoms with E-state index in [-0.39, 0.29) is 12.0 Å². The van der Waals surface area contributed by atoms with Crippen LogP contribution in [0.4, 0.5) is 13.2 Å². The molecule has 29 heavy (non-hydrogen) atoms. The summed E-state index contributed by atoms with van der Waals surface area (Å²) in [4.78, 5) is 29.1. The number of nitrogens with zero attached hydrogens (tertiary/aromatic N) is 1. The Bertz CT molecular complexity index is 1030. The Labute approximate surface area is 168 Å². The lowest BCUT2D eigenvalue weighted by Gasteiger charge is -2.09. The Hall–Kier alpha value is -3.20. The van der Waals surface area contributed by atoms with E-state index in [0.717, 1.165) is 17.7 Å². The van der Waals surface area contributed by atoms with Crippen molar-refractivity contribution in [3.63, 3.8) is 0 Å². The Balaban J connectivity index is 1.61. The minimum atomic E-state index is -4.49. The Kier molecular flexibility index (Phi) is 5.97. The van der Waals surface area contributed by atoms with Crippen molar-refractivity contribution in [1.82, 2.24) is 15.8 Å². The number of nitrogens with one attached hydrogen (secondary N) is 2. The van der Waals surface area contributed by atoms with Gasteiger partial charge in [-0.1, -0.05) is 48.5 Å². The summed E-state index contributed by atoms with van der Waals surface area (Å²) >= 11 is 1.18. The van der Waals surface area contributed by atoms with Gasteiger partial charge in [-0.3, -0.25) is 20.4 Å². The van der Waals surface area contributed by atoms with Gasteiger partial charge < -0.3 is 0 Å². The van der Waals surface area contributed by atoms with E-state index in [4.69, 9.17) is 0 Å².